The number of aromatic nitrogens is 1. The molecule has 0 spiro atoms. The summed E-state index contributed by atoms with van der Waals surface area (Å²) in [6.45, 7) is 1.54. The van der Waals surface area contributed by atoms with Crippen molar-refractivity contribution in [2.24, 2.45) is 0 Å². The highest BCUT2D eigenvalue weighted by Crippen LogP contribution is 2.21. The van der Waals surface area contributed by atoms with Crippen molar-refractivity contribution in [1.29, 1.82) is 0 Å². The predicted octanol–water partition coefficient (Wildman–Crippen LogP) is 4.23. The quantitative estimate of drug-likeness (QED) is 0.619. The van der Waals surface area contributed by atoms with Crippen LogP contribution < -0.4 is 0 Å². The molecule has 4 heteroatoms. The molecule has 2 nitrogen and oxygen atoms in total. The Hall–Kier alpha value is -1.32. The number of carbonyl (C=O) groups is 1. The standard InChI is InChI=1S/C14H12ClNOS/c1-10(17)12-4-7-14(16-8-12)18-9-11-2-5-13(15)6-3-11/h2-8H,9H2,1H3. The van der Waals surface area contributed by atoms with E-state index in [1.165, 1.54) is 12.5 Å². The van der Waals surface area contributed by atoms with Gasteiger partial charge in [-0.2, -0.15) is 0 Å². The summed E-state index contributed by atoms with van der Waals surface area (Å²) in [6, 6.07) is 11.4. The summed E-state index contributed by atoms with van der Waals surface area (Å²) < 4.78 is 0. The number of hydrogen-bond donors (Lipinski definition) is 0. The van der Waals surface area contributed by atoms with Crippen LogP contribution in [0.3, 0.4) is 0 Å². The van der Waals surface area contributed by atoms with Crippen LogP contribution in [0.2, 0.25) is 5.02 Å². The zero-order valence-corrected chi connectivity index (χ0v) is 11.5. The molecule has 2 aromatic rings. The zero-order chi connectivity index (χ0) is 13.0. The van der Waals surface area contributed by atoms with Crippen molar-refractivity contribution in [3.63, 3.8) is 0 Å². The Labute approximate surface area is 115 Å². The van der Waals surface area contributed by atoms with Gasteiger partial charge < -0.3 is 0 Å². The van der Waals surface area contributed by atoms with Gasteiger partial charge in [0.2, 0.25) is 0 Å². The Morgan fingerprint density at radius 3 is 2.50 bits per heavy atom. The third kappa shape index (κ3) is 3.59. The van der Waals surface area contributed by atoms with Gasteiger partial charge >= 0.3 is 0 Å². The molecule has 1 aromatic carbocycles. The lowest BCUT2D eigenvalue weighted by Crippen LogP contribution is -1.93. The molecule has 0 saturated heterocycles. The van der Waals surface area contributed by atoms with Crippen molar-refractivity contribution in [3.05, 3.63) is 58.7 Å². The fourth-order valence-electron chi connectivity index (χ4n) is 1.41. The van der Waals surface area contributed by atoms with Crippen LogP contribution >= 0.6 is 23.4 Å². The predicted molar refractivity (Wildman–Crippen MR) is 75.3 cm³/mol. The number of rotatable bonds is 4. The normalized spacial score (nSPS) is 10.3. The molecule has 1 aromatic heterocycles. The molecule has 0 N–H and O–H groups in total. The number of pyridine rings is 1. The summed E-state index contributed by atoms with van der Waals surface area (Å²) >= 11 is 7.46. The first-order valence-corrected chi connectivity index (χ1v) is 6.86. The van der Waals surface area contributed by atoms with E-state index in [1.54, 1.807) is 24.0 Å². The average Bonchev–Trinajstić information content (AvgIpc) is 2.38. The molecule has 0 bridgehead atoms. The van der Waals surface area contributed by atoms with Crippen molar-refractivity contribution in [2.45, 2.75) is 17.7 Å². The van der Waals surface area contributed by atoms with Gasteiger partial charge in [-0.25, -0.2) is 4.98 Å². The first-order valence-electron chi connectivity index (χ1n) is 5.49. The van der Waals surface area contributed by atoms with Crippen molar-refractivity contribution in [1.82, 2.24) is 4.98 Å². The molecule has 0 aliphatic rings. The monoisotopic (exact) mass is 277 g/mol. The molecule has 92 valence electrons. The van der Waals surface area contributed by atoms with E-state index in [-0.39, 0.29) is 5.78 Å². The molecule has 0 aliphatic carbocycles. The van der Waals surface area contributed by atoms with Crippen molar-refractivity contribution < 1.29 is 4.79 Å². The molecule has 0 radical (unpaired) electrons. The van der Waals surface area contributed by atoms with Crippen LogP contribution in [0.4, 0.5) is 0 Å². The Morgan fingerprint density at radius 1 is 1.22 bits per heavy atom. The Bertz CT molecular complexity index is 537. The number of Topliss-reactive ketones (excluding diaryl/α,β-unsaturated/α-hetero) is 1. The lowest BCUT2D eigenvalue weighted by Gasteiger charge is -2.02. The molecule has 0 fully saturated rings. The highest BCUT2D eigenvalue weighted by molar-refractivity contribution is 7.98. The minimum Gasteiger partial charge on any atom is -0.294 e. The van der Waals surface area contributed by atoms with E-state index < -0.39 is 0 Å². The summed E-state index contributed by atoms with van der Waals surface area (Å²) in [4.78, 5) is 15.4. The summed E-state index contributed by atoms with van der Waals surface area (Å²) in [5.74, 6) is 0.876. The lowest BCUT2D eigenvalue weighted by molar-refractivity contribution is 0.101. The van der Waals surface area contributed by atoms with Crippen LogP contribution in [-0.4, -0.2) is 10.8 Å². The molecule has 0 saturated carbocycles. The molecule has 0 atom stereocenters. The fraction of sp³-hybridized carbons (Fsp3) is 0.143. The third-order valence-electron chi connectivity index (χ3n) is 2.44. The second kappa shape index (κ2) is 6.03. The molecular weight excluding hydrogens is 266 g/mol. The van der Waals surface area contributed by atoms with Gasteiger partial charge in [0.05, 0.1) is 5.03 Å². The maximum absolute atomic E-state index is 11.1. The minimum absolute atomic E-state index is 0.0387. The van der Waals surface area contributed by atoms with Gasteiger partial charge in [0, 0.05) is 22.5 Å². The number of ketones is 1. The smallest absolute Gasteiger partial charge is 0.161 e. The van der Waals surface area contributed by atoms with E-state index >= 15 is 0 Å². The second-order valence-corrected chi connectivity index (χ2v) is 5.29. The zero-order valence-electron chi connectivity index (χ0n) is 9.89. The fourth-order valence-corrected chi connectivity index (χ4v) is 2.34. The molecule has 18 heavy (non-hydrogen) atoms. The number of nitrogens with zero attached hydrogens (tertiary/aromatic N) is 1. The van der Waals surface area contributed by atoms with Crippen molar-refractivity contribution >= 4 is 29.1 Å². The third-order valence-corrected chi connectivity index (χ3v) is 3.71. The van der Waals surface area contributed by atoms with Crippen LogP contribution in [0.15, 0.2) is 47.6 Å². The van der Waals surface area contributed by atoms with Gasteiger partial charge in [0.1, 0.15) is 0 Å². The topological polar surface area (TPSA) is 30.0 Å². The van der Waals surface area contributed by atoms with Gasteiger partial charge in [-0.3, -0.25) is 4.79 Å². The second-order valence-electron chi connectivity index (χ2n) is 3.86. The first kappa shape index (κ1) is 13.1. The summed E-state index contributed by atoms with van der Waals surface area (Å²) in [5.41, 5.74) is 1.84. The number of benzene rings is 1. The van der Waals surface area contributed by atoms with Gasteiger partial charge in [0.15, 0.2) is 5.78 Å². The lowest BCUT2D eigenvalue weighted by atomic mass is 10.2. The number of halogens is 1. The van der Waals surface area contributed by atoms with Crippen molar-refractivity contribution in [2.75, 3.05) is 0 Å². The molecule has 0 aliphatic heterocycles. The van der Waals surface area contributed by atoms with Crippen LogP contribution in [0.25, 0.3) is 0 Å². The summed E-state index contributed by atoms with van der Waals surface area (Å²) in [5, 5.41) is 1.66. The van der Waals surface area contributed by atoms with Gasteiger partial charge in [-0.05, 0) is 36.8 Å². The maximum atomic E-state index is 11.1. The van der Waals surface area contributed by atoms with E-state index in [0.717, 1.165) is 15.8 Å². The molecule has 0 amide bonds. The first-order chi connectivity index (χ1) is 8.65. The van der Waals surface area contributed by atoms with E-state index in [2.05, 4.69) is 4.98 Å². The Balaban J connectivity index is 1.97. The average molecular weight is 278 g/mol. The number of carbonyl (C=O) groups excluding carboxylic acids is 1. The van der Waals surface area contributed by atoms with E-state index in [4.69, 9.17) is 11.6 Å². The highest BCUT2D eigenvalue weighted by atomic mass is 35.5. The summed E-state index contributed by atoms with van der Waals surface area (Å²) in [6.07, 6.45) is 1.62. The van der Waals surface area contributed by atoms with E-state index in [1.807, 2.05) is 30.3 Å². The van der Waals surface area contributed by atoms with E-state index in [0.29, 0.717) is 5.56 Å². The van der Waals surface area contributed by atoms with E-state index in [9.17, 15) is 4.79 Å². The van der Waals surface area contributed by atoms with Gasteiger partial charge in [-0.1, -0.05) is 23.7 Å². The number of thioether (sulfide) groups is 1. The van der Waals surface area contributed by atoms with Crippen LogP contribution in [0.5, 0.6) is 0 Å². The minimum atomic E-state index is 0.0387. The number of hydrogen-bond acceptors (Lipinski definition) is 3. The Morgan fingerprint density at radius 2 is 1.94 bits per heavy atom. The molecule has 1 heterocycles. The maximum Gasteiger partial charge on any atom is 0.161 e. The SMILES string of the molecule is CC(=O)c1ccc(SCc2ccc(Cl)cc2)nc1. The molecule has 0 unspecified atom stereocenters. The van der Waals surface area contributed by atoms with Crippen molar-refractivity contribution in [3.8, 4) is 0 Å². The van der Waals surface area contributed by atoms with Crippen LogP contribution in [-0.2, 0) is 5.75 Å². The highest BCUT2D eigenvalue weighted by Gasteiger charge is 2.01. The van der Waals surface area contributed by atoms with Gasteiger partial charge in [-0.15, -0.1) is 11.8 Å². The van der Waals surface area contributed by atoms with Crippen LogP contribution in [0.1, 0.15) is 22.8 Å². The largest absolute Gasteiger partial charge is 0.294 e. The molecular formula is C14H12ClNOS. The molecule has 2 rings (SSSR count). The Kier molecular flexibility index (Phi) is 4.39. The van der Waals surface area contributed by atoms with Gasteiger partial charge in [0.25, 0.3) is 0 Å². The van der Waals surface area contributed by atoms with Crippen LogP contribution in [0, 0.1) is 0 Å². The summed E-state index contributed by atoms with van der Waals surface area (Å²) in [7, 11) is 0.